The first-order valence-corrected chi connectivity index (χ1v) is 12.7. The minimum absolute atomic E-state index is 0.0266. The summed E-state index contributed by atoms with van der Waals surface area (Å²) in [5.41, 5.74) is 4.68. The fraction of sp³-hybridized carbons (Fsp3) is 0.290. The summed E-state index contributed by atoms with van der Waals surface area (Å²) >= 11 is 0. The maximum Gasteiger partial charge on any atom is 0.300 e. The van der Waals surface area contributed by atoms with Gasteiger partial charge in [-0.3, -0.25) is 14.5 Å². The van der Waals surface area contributed by atoms with Gasteiger partial charge in [0.25, 0.3) is 11.7 Å². The van der Waals surface area contributed by atoms with Crippen LogP contribution < -0.4 is 19.3 Å². The zero-order valence-corrected chi connectivity index (χ0v) is 22.7. The van der Waals surface area contributed by atoms with Crippen molar-refractivity contribution in [2.45, 2.75) is 33.7 Å². The lowest BCUT2D eigenvalue weighted by Crippen LogP contribution is -2.30. The number of rotatable bonds is 8. The van der Waals surface area contributed by atoms with Crippen molar-refractivity contribution < 1.29 is 24.2 Å². The van der Waals surface area contributed by atoms with E-state index in [9.17, 15) is 14.7 Å². The lowest BCUT2D eigenvalue weighted by atomic mass is 9.94. The van der Waals surface area contributed by atoms with Gasteiger partial charge in [0.2, 0.25) is 0 Å². The van der Waals surface area contributed by atoms with E-state index in [1.807, 2.05) is 56.3 Å². The maximum atomic E-state index is 13.6. The van der Waals surface area contributed by atoms with Gasteiger partial charge < -0.3 is 19.5 Å². The first-order valence-electron chi connectivity index (χ1n) is 12.7. The number of methoxy groups -OCH3 is 2. The average molecular weight is 515 g/mol. The molecule has 1 N–H and O–H groups in total. The fourth-order valence-corrected chi connectivity index (χ4v) is 4.99. The third kappa shape index (κ3) is 4.60. The number of hydrogen-bond donors (Lipinski definition) is 1. The summed E-state index contributed by atoms with van der Waals surface area (Å²) < 4.78 is 10.7. The van der Waals surface area contributed by atoms with E-state index in [4.69, 9.17) is 9.47 Å². The normalized spacial score (nSPS) is 16.6. The largest absolute Gasteiger partial charge is 0.507 e. The van der Waals surface area contributed by atoms with Gasteiger partial charge in [-0.1, -0.05) is 24.3 Å². The molecule has 1 aliphatic heterocycles. The van der Waals surface area contributed by atoms with Crippen LogP contribution in [0.4, 0.5) is 11.4 Å². The minimum atomic E-state index is -0.811. The highest BCUT2D eigenvalue weighted by Crippen LogP contribution is 2.44. The number of hydrogen-bond acceptors (Lipinski definition) is 6. The van der Waals surface area contributed by atoms with Crippen LogP contribution in [0, 0.1) is 13.8 Å². The lowest BCUT2D eigenvalue weighted by Gasteiger charge is -2.28. The molecule has 7 nitrogen and oxygen atoms in total. The highest BCUT2D eigenvalue weighted by Gasteiger charge is 2.47. The second-order valence-corrected chi connectivity index (χ2v) is 9.22. The summed E-state index contributed by atoms with van der Waals surface area (Å²) in [6, 6.07) is 17.6. The summed E-state index contributed by atoms with van der Waals surface area (Å²) in [6.45, 7) is 9.80. The third-order valence-corrected chi connectivity index (χ3v) is 7.27. The molecule has 0 bridgehead atoms. The predicted molar refractivity (Wildman–Crippen MR) is 150 cm³/mol. The van der Waals surface area contributed by atoms with Crippen molar-refractivity contribution in [1.82, 2.24) is 0 Å². The number of Topliss-reactive ketones (excluding diaryl/α,β-unsaturated/α-hetero) is 1. The number of aliphatic hydroxyl groups is 1. The van der Waals surface area contributed by atoms with Crippen LogP contribution in [-0.4, -0.2) is 44.1 Å². The molecule has 7 heteroatoms. The fourth-order valence-electron chi connectivity index (χ4n) is 4.99. The Morgan fingerprint density at radius 3 is 2.18 bits per heavy atom. The molecule has 1 fully saturated rings. The van der Waals surface area contributed by atoms with Gasteiger partial charge in [-0.2, -0.15) is 0 Å². The van der Waals surface area contributed by atoms with E-state index < -0.39 is 17.7 Å². The van der Waals surface area contributed by atoms with Crippen molar-refractivity contribution in [2.75, 3.05) is 37.1 Å². The van der Waals surface area contributed by atoms with E-state index in [0.29, 0.717) is 22.7 Å². The number of aryl methyl sites for hydroxylation is 1. The molecule has 1 aliphatic rings. The molecule has 1 saturated heterocycles. The zero-order valence-electron chi connectivity index (χ0n) is 22.7. The lowest BCUT2D eigenvalue weighted by molar-refractivity contribution is -0.132. The Morgan fingerprint density at radius 2 is 1.58 bits per heavy atom. The number of carbonyl (C=O) groups excluding carboxylic acids is 2. The van der Waals surface area contributed by atoms with Crippen LogP contribution in [0.3, 0.4) is 0 Å². The van der Waals surface area contributed by atoms with Crippen LogP contribution in [0.5, 0.6) is 11.5 Å². The Morgan fingerprint density at radius 1 is 0.921 bits per heavy atom. The number of amides is 1. The molecular formula is C31H34N2O5. The molecule has 0 spiro atoms. The van der Waals surface area contributed by atoms with Gasteiger partial charge in [0, 0.05) is 30.0 Å². The Kier molecular flexibility index (Phi) is 7.76. The van der Waals surface area contributed by atoms with Crippen molar-refractivity contribution in [3.8, 4) is 11.5 Å². The zero-order chi connectivity index (χ0) is 27.6. The van der Waals surface area contributed by atoms with E-state index in [1.54, 1.807) is 18.2 Å². The Bertz CT molecular complexity index is 1390. The molecule has 38 heavy (non-hydrogen) atoms. The quantitative estimate of drug-likeness (QED) is 0.233. The Labute approximate surface area is 223 Å². The van der Waals surface area contributed by atoms with Crippen LogP contribution in [0.1, 0.15) is 42.1 Å². The van der Waals surface area contributed by atoms with Crippen LogP contribution in [0.25, 0.3) is 5.76 Å². The van der Waals surface area contributed by atoms with Crippen molar-refractivity contribution in [1.29, 1.82) is 0 Å². The molecule has 0 saturated carbocycles. The van der Waals surface area contributed by atoms with Gasteiger partial charge in [-0.05, 0) is 80.8 Å². The van der Waals surface area contributed by atoms with Crippen molar-refractivity contribution in [3.05, 3.63) is 88.5 Å². The highest BCUT2D eigenvalue weighted by molar-refractivity contribution is 6.51. The van der Waals surface area contributed by atoms with Gasteiger partial charge in [0.1, 0.15) is 5.76 Å². The number of carbonyl (C=O) groups is 2. The second-order valence-electron chi connectivity index (χ2n) is 9.22. The number of nitrogens with zero attached hydrogens (tertiary/aromatic N) is 2. The molecule has 4 rings (SSSR count). The third-order valence-electron chi connectivity index (χ3n) is 7.27. The number of anilines is 2. The smallest absolute Gasteiger partial charge is 0.300 e. The maximum absolute atomic E-state index is 13.6. The summed E-state index contributed by atoms with van der Waals surface area (Å²) in [6.07, 6.45) is 0. The summed E-state index contributed by atoms with van der Waals surface area (Å²) in [5.74, 6) is -0.798. The predicted octanol–water partition coefficient (Wildman–Crippen LogP) is 5.79. The summed E-state index contributed by atoms with van der Waals surface area (Å²) in [4.78, 5) is 30.8. The molecule has 3 aromatic rings. The number of ether oxygens (including phenoxy) is 2. The first-order chi connectivity index (χ1) is 18.3. The Hall–Kier alpha value is -4.26. The van der Waals surface area contributed by atoms with Gasteiger partial charge >= 0.3 is 0 Å². The van der Waals surface area contributed by atoms with E-state index >= 15 is 0 Å². The first kappa shape index (κ1) is 26.8. The van der Waals surface area contributed by atoms with Crippen molar-refractivity contribution in [3.63, 3.8) is 0 Å². The van der Waals surface area contributed by atoms with E-state index in [0.717, 1.165) is 35.5 Å². The second kappa shape index (κ2) is 11.0. The molecule has 1 unspecified atom stereocenters. The molecule has 1 amide bonds. The summed E-state index contributed by atoms with van der Waals surface area (Å²) in [5, 5.41) is 11.5. The van der Waals surface area contributed by atoms with Gasteiger partial charge in [0.15, 0.2) is 11.5 Å². The van der Waals surface area contributed by atoms with E-state index in [2.05, 4.69) is 18.7 Å². The topological polar surface area (TPSA) is 79.3 Å². The molecule has 3 aromatic carbocycles. The van der Waals surface area contributed by atoms with Gasteiger partial charge in [-0.25, -0.2) is 0 Å². The molecule has 0 aromatic heterocycles. The molecule has 1 heterocycles. The van der Waals surface area contributed by atoms with Gasteiger partial charge in [0.05, 0.1) is 25.8 Å². The number of aliphatic hydroxyl groups excluding tert-OH is 1. The Balaban J connectivity index is 1.94. The standard InChI is InChI=1S/C31H34N2O5/c1-7-32(8-2)23-15-12-21(13-16-23)28-27(29(34)22-14-17-25(37-5)26(18-22)38-6)30(35)31(36)33(28)24-11-9-10-19(3)20(24)4/h9-18,28,34H,7-8H2,1-6H3/b29-27+. The van der Waals surface area contributed by atoms with Crippen molar-refractivity contribution in [2.24, 2.45) is 0 Å². The molecule has 0 aliphatic carbocycles. The highest BCUT2D eigenvalue weighted by atomic mass is 16.5. The molecule has 198 valence electrons. The van der Waals surface area contributed by atoms with E-state index in [-0.39, 0.29) is 11.3 Å². The van der Waals surface area contributed by atoms with Crippen molar-refractivity contribution >= 4 is 28.8 Å². The molecule has 0 radical (unpaired) electrons. The van der Waals surface area contributed by atoms with Crippen LogP contribution in [0.2, 0.25) is 0 Å². The van der Waals surface area contributed by atoms with Gasteiger partial charge in [-0.15, -0.1) is 0 Å². The number of benzene rings is 3. The number of ketones is 1. The minimum Gasteiger partial charge on any atom is -0.507 e. The van der Waals surface area contributed by atoms with E-state index in [1.165, 1.54) is 19.1 Å². The summed E-state index contributed by atoms with van der Waals surface area (Å²) in [7, 11) is 3.02. The van der Waals surface area contributed by atoms with Crippen LogP contribution in [0.15, 0.2) is 66.2 Å². The molecular weight excluding hydrogens is 480 g/mol. The SMILES string of the molecule is CCN(CC)c1ccc(C2/C(=C(\O)c3ccc(OC)c(OC)c3)C(=O)C(=O)N2c2cccc(C)c2C)cc1. The van der Waals surface area contributed by atoms with Crippen LogP contribution >= 0.6 is 0 Å². The monoisotopic (exact) mass is 514 g/mol. The molecule has 1 atom stereocenters. The van der Waals surface area contributed by atoms with Crippen LogP contribution in [-0.2, 0) is 9.59 Å². The average Bonchev–Trinajstić information content (AvgIpc) is 3.20.